The molecule has 3 nitrogen and oxygen atoms in total. The molecule has 0 bridgehead atoms. The van der Waals surface area contributed by atoms with E-state index in [1.54, 1.807) is 0 Å². The minimum absolute atomic E-state index is 0.0509. The molecule has 0 saturated heterocycles. The molecule has 3 rings (SSSR count). The average Bonchev–Trinajstić information content (AvgIpc) is 2.87. The third-order valence-corrected chi connectivity index (χ3v) is 3.92. The standard InChI is InChI=1S/C19H21NO2/c1-13-10-16-12-14(2)22-18(16)17(11-13)19(21)20-9-8-15-6-4-3-5-7-15/h3-7,10-11,14H,8-9,12H2,1-2H3,(H,20,21). The molecule has 0 aromatic heterocycles. The molecule has 2 aromatic rings. The van der Waals surface area contributed by atoms with Gasteiger partial charge < -0.3 is 10.1 Å². The van der Waals surface area contributed by atoms with E-state index in [4.69, 9.17) is 4.74 Å². The largest absolute Gasteiger partial charge is 0.489 e. The second-order valence-electron chi connectivity index (χ2n) is 5.92. The summed E-state index contributed by atoms with van der Waals surface area (Å²) in [5.41, 5.74) is 4.12. The van der Waals surface area contributed by atoms with Crippen LogP contribution in [0.25, 0.3) is 0 Å². The number of hydrogen-bond donors (Lipinski definition) is 1. The van der Waals surface area contributed by atoms with Crippen LogP contribution in [0, 0.1) is 6.92 Å². The van der Waals surface area contributed by atoms with Crippen LogP contribution in [0.1, 0.15) is 34.0 Å². The lowest BCUT2D eigenvalue weighted by Gasteiger charge is -2.11. The third kappa shape index (κ3) is 3.14. The van der Waals surface area contributed by atoms with Gasteiger partial charge in [-0.15, -0.1) is 0 Å². The van der Waals surface area contributed by atoms with Crippen LogP contribution in [0.2, 0.25) is 0 Å². The van der Waals surface area contributed by atoms with Gasteiger partial charge in [-0.1, -0.05) is 36.4 Å². The number of carbonyl (C=O) groups is 1. The Kier molecular flexibility index (Phi) is 4.14. The van der Waals surface area contributed by atoms with E-state index in [9.17, 15) is 4.79 Å². The van der Waals surface area contributed by atoms with Crippen molar-refractivity contribution in [3.63, 3.8) is 0 Å². The summed E-state index contributed by atoms with van der Waals surface area (Å²) in [5, 5.41) is 3.00. The summed E-state index contributed by atoms with van der Waals surface area (Å²) in [6.07, 6.45) is 1.85. The minimum Gasteiger partial charge on any atom is -0.489 e. The molecule has 3 heteroatoms. The zero-order valence-corrected chi connectivity index (χ0v) is 13.1. The smallest absolute Gasteiger partial charge is 0.255 e. The maximum Gasteiger partial charge on any atom is 0.255 e. The first-order valence-corrected chi connectivity index (χ1v) is 7.76. The van der Waals surface area contributed by atoms with Gasteiger partial charge in [0.15, 0.2) is 0 Å². The summed E-state index contributed by atoms with van der Waals surface area (Å²) >= 11 is 0. The van der Waals surface area contributed by atoms with Crippen LogP contribution in [-0.4, -0.2) is 18.6 Å². The van der Waals surface area contributed by atoms with Crippen LogP contribution in [0.5, 0.6) is 5.75 Å². The number of hydrogen-bond acceptors (Lipinski definition) is 2. The van der Waals surface area contributed by atoms with Crippen molar-refractivity contribution in [3.8, 4) is 5.75 Å². The number of ether oxygens (including phenoxy) is 1. The van der Waals surface area contributed by atoms with Crippen LogP contribution in [0.3, 0.4) is 0 Å². The van der Waals surface area contributed by atoms with Crippen molar-refractivity contribution in [3.05, 3.63) is 64.7 Å². The first-order chi connectivity index (χ1) is 10.6. The molecular weight excluding hydrogens is 274 g/mol. The van der Waals surface area contributed by atoms with E-state index >= 15 is 0 Å². The molecule has 114 valence electrons. The second-order valence-corrected chi connectivity index (χ2v) is 5.92. The molecule has 1 atom stereocenters. The van der Waals surface area contributed by atoms with E-state index in [-0.39, 0.29) is 12.0 Å². The molecule has 1 amide bonds. The molecule has 0 saturated carbocycles. The third-order valence-electron chi connectivity index (χ3n) is 3.92. The lowest BCUT2D eigenvalue weighted by atomic mass is 10.0. The summed E-state index contributed by atoms with van der Waals surface area (Å²) in [6.45, 7) is 4.68. The number of rotatable bonds is 4. The number of benzene rings is 2. The summed E-state index contributed by atoms with van der Waals surface area (Å²) in [4.78, 5) is 12.5. The van der Waals surface area contributed by atoms with Gasteiger partial charge in [-0.2, -0.15) is 0 Å². The van der Waals surface area contributed by atoms with Crippen LogP contribution < -0.4 is 10.1 Å². The van der Waals surface area contributed by atoms with Gasteiger partial charge in [-0.25, -0.2) is 0 Å². The quantitative estimate of drug-likeness (QED) is 0.940. The Morgan fingerprint density at radius 3 is 2.82 bits per heavy atom. The molecule has 1 N–H and O–H groups in total. The first-order valence-electron chi connectivity index (χ1n) is 7.76. The van der Waals surface area contributed by atoms with Crippen molar-refractivity contribution >= 4 is 5.91 Å². The van der Waals surface area contributed by atoms with Gasteiger partial charge in [0.05, 0.1) is 5.56 Å². The molecule has 0 fully saturated rings. The number of fused-ring (bicyclic) bond motifs is 1. The van der Waals surface area contributed by atoms with Gasteiger partial charge in [-0.05, 0) is 43.0 Å². The van der Waals surface area contributed by atoms with Crippen molar-refractivity contribution in [2.75, 3.05) is 6.54 Å². The molecule has 2 aromatic carbocycles. The van der Waals surface area contributed by atoms with Gasteiger partial charge in [-0.3, -0.25) is 4.79 Å². The maximum absolute atomic E-state index is 12.5. The van der Waals surface area contributed by atoms with Crippen LogP contribution in [0.15, 0.2) is 42.5 Å². The lowest BCUT2D eigenvalue weighted by molar-refractivity contribution is 0.0949. The van der Waals surface area contributed by atoms with E-state index in [0.29, 0.717) is 12.1 Å². The predicted molar refractivity (Wildman–Crippen MR) is 87.5 cm³/mol. The molecule has 1 aliphatic rings. The molecule has 0 radical (unpaired) electrons. The van der Waals surface area contributed by atoms with E-state index in [1.807, 2.05) is 38.1 Å². The summed E-state index contributed by atoms with van der Waals surface area (Å²) in [5.74, 6) is 0.709. The fourth-order valence-corrected chi connectivity index (χ4v) is 2.92. The van der Waals surface area contributed by atoms with Gasteiger partial charge in [0.2, 0.25) is 0 Å². The molecule has 22 heavy (non-hydrogen) atoms. The fraction of sp³-hybridized carbons (Fsp3) is 0.316. The van der Waals surface area contributed by atoms with Crippen LogP contribution >= 0.6 is 0 Å². The van der Waals surface area contributed by atoms with Crippen LogP contribution in [-0.2, 0) is 12.8 Å². The first kappa shape index (κ1) is 14.6. The highest BCUT2D eigenvalue weighted by atomic mass is 16.5. The van der Waals surface area contributed by atoms with Gasteiger partial charge in [0, 0.05) is 13.0 Å². The SMILES string of the molecule is Cc1cc2c(c(C(=O)NCCc3ccccc3)c1)OC(C)C2. The van der Waals surface area contributed by atoms with Gasteiger partial charge >= 0.3 is 0 Å². The second kappa shape index (κ2) is 6.22. The summed E-state index contributed by atoms with van der Waals surface area (Å²) < 4.78 is 5.82. The number of carbonyl (C=O) groups excluding carboxylic acids is 1. The molecule has 0 spiro atoms. The molecular formula is C19H21NO2. The lowest BCUT2D eigenvalue weighted by Crippen LogP contribution is -2.26. The van der Waals surface area contributed by atoms with Crippen molar-refractivity contribution in [2.45, 2.75) is 32.8 Å². The van der Waals surface area contributed by atoms with E-state index in [0.717, 1.165) is 29.7 Å². The number of amides is 1. The monoisotopic (exact) mass is 295 g/mol. The highest BCUT2D eigenvalue weighted by Gasteiger charge is 2.25. The van der Waals surface area contributed by atoms with Crippen molar-refractivity contribution in [1.82, 2.24) is 5.32 Å². The zero-order valence-electron chi connectivity index (χ0n) is 13.1. The Labute approximate surface area is 131 Å². The van der Waals surface area contributed by atoms with E-state index in [2.05, 4.69) is 23.5 Å². The molecule has 1 heterocycles. The Bertz CT molecular complexity index is 679. The molecule has 1 aliphatic heterocycles. The van der Waals surface area contributed by atoms with Crippen molar-refractivity contribution in [2.24, 2.45) is 0 Å². The Hall–Kier alpha value is -2.29. The Morgan fingerprint density at radius 2 is 2.05 bits per heavy atom. The maximum atomic E-state index is 12.5. The molecule has 0 aliphatic carbocycles. The normalized spacial score (nSPS) is 16.0. The van der Waals surface area contributed by atoms with Crippen molar-refractivity contribution < 1.29 is 9.53 Å². The minimum atomic E-state index is -0.0509. The zero-order chi connectivity index (χ0) is 15.5. The predicted octanol–water partition coefficient (Wildman–Crippen LogP) is 3.29. The number of nitrogens with one attached hydrogen (secondary N) is 1. The van der Waals surface area contributed by atoms with E-state index < -0.39 is 0 Å². The Morgan fingerprint density at radius 1 is 1.27 bits per heavy atom. The van der Waals surface area contributed by atoms with E-state index in [1.165, 1.54) is 5.56 Å². The summed E-state index contributed by atoms with van der Waals surface area (Å²) in [7, 11) is 0. The number of aryl methyl sites for hydroxylation is 1. The van der Waals surface area contributed by atoms with Gasteiger partial charge in [0.1, 0.15) is 11.9 Å². The van der Waals surface area contributed by atoms with Crippen LogP contribution in [0.4, 0.5) is 0 Å². The highest BCUT2D eigenvalue weighted by Crippen LogP contribution is 2.33. The van der Waals surface area contributed by atoms with Gasteiger partial charge in [0.25, 0.3) is 5.91 Å². The fourth-order valence-electron chi connectivity index (χ4n) is 2.92. The highest BCUT2D eigenvalue weighted by molar-refractivity contribution is 5.97. The molecule has 1 unspecified atom stereocenters. The topological polar surface area (TPSA) is 38.3 Å². The van der Waals surface area contributed by atoms with Crippen molar-refractivity contribution in [1.29, 1.82) is 0 Å². The Balaban J connectivity index is 1.68. The summed E-state index contributed by atoms with van der Waals surface area (Å²) in [6, 6.07) is 14.2. The average molecular weight is 295 g/mol.